The van der Waals surface area contributed by atoms with Gasteiger partial charge in [0.25, 0.3) is 0 Å². The third-order valence-electron chi connectivity index (χ3n) is 4.69. The van der Waals surface area contributed by atoms with Crippen LogP contribution in [0.5, 0.6) is 11.5 Å². The first kappa shape index (κ1) is 16.4. The minimum absolute atomic E-state index is 0.316. The van der Waals surface area contributed by atoms with Gasteiger partial charge >= 0.3 is 0 Å². The number of ether oxygens (including phenoxy) is 2. The van der Waals surface area contributed by atoms with Crippen LogP contribution in [0.1, 0.15) is 0 Å². The van der Waals surface area contributed by atoms with Gasteiger partial charge in [0.05, 0.1) is 0 Å². The lowest BCUT2D eigenvalue weighted by Crippen LogP contribution is -2.47. The minimum Gasteiger partial charge on any atom is -0.454 e. The number of fused-ring (bicyclic) bond motifs is 1. The van der Waals surface area contributed by atoms with Crippen molar-refractivity contribution in [2.45, 2.75) is 0 Å². The molecule has 0 saturated carbocycles. The van der Waals surface area contributed by atoms with Crippen molar-refractivity contribution in [1.29, 1.82) is 0 Å². The number of hydrogen-bond donors (Lipinski definition) is 1. The topological polar surface area (TPSA) is 37.0 Å². The summed E-state index contributed by atoms with van der Waals surface area (Å²) < 4.78 is 10.7. The van der Waals surface area contributed by atoms with Gasteiger partial charge in [-0.3, -0.25) is 4.90 Å². The number of piperazine rings is 1. The van der Waals surface area contributed by atoms with Gasteiger partial charge in [0.2, 0.25) is 6.79 Å². The molecule has 2 heterocycles. The second kappa shape index (κ2) is 7.42. The Bertz CT molecular complexity index is 715. The van der Waals surface area contributed by atoms with Crippen LogP contribution >= 0.6 is 11.6 Å². The van der Waals surface area contributed by atoms with Gasteiger partial charge in [-0.05, 0) is 36.4 Å². The maximum Gasteiger partial charge on any atom is 0.231 e. The normalized spacial score (nSPS) is 16.9. The summed E-state index contributed by atoms with van der Waals surface area (Å²) in [5, 5.41) is 4.25. The molecule has 0 unspecified atom stereocenters. The molecule has 2 aliphatic heterocycles. The number of nitrogens with zero attached hydrogens (tertiary/aromatic N) is 2. The van der Waals surface area contributed by atoms with Crippen LogP contribution in [-0.2, 0) is 0 Å². The summed E-state index contributed by atoms with van der Waals surface area (Å²) in [6.07, 6.45) is 0. The first-order valence-electron chi connectivity index (χ1n) is 8.64. The number of anilines is 2. The number of halogens is 1. The summed E-state index contributed by atoms with van der Waals surface area (Å²) in [4.78, 5) is 4.91. The monoisotopic (exact) mass is 359 g/mol. The Morgan fingerprint density at radius 1 is 0.920 bits per heavy atom. The molecule has 5 nitrogen and oxygen atoms in total. The lowest BCUT2D eigenvalue weighted by molar-refractivity contribution is 0.174. The molecule has 25 heavy (non-hydrogen) atoms. The molecule has 1 N–H and O–H groups in total. The Morgan fingerprint density at radius 2 is 1.68 bits per heavy atom. The van der Waals surface area contributed by atoms with Crippen LogP contribution in [-0.4, -0.2) is 51.0 Å². The van der Waals surface area contributed by atoms with E-state index >= 15 is 0 Å². The van der Waals surface area contributed by atoms with E-state index in [1.165, 1.54) is 5.69 Å². The third-order valence-corrected chi connectivity index (χ3v) is 4.95. The van der Waals surface area contributed by atoms with Crippen molar-refractivity contribution < 1.29 is 9.47 Å². The smallest absolute Gasteiger partial charge is 0.231 e. The summed E-state index contributed by atoms with van der Waals surface area (Å²) >= 11 is 5.96. The molecule has 4 rings (SSSR count). The standard InChI is InChI=1S/C19H22ClN3O2/c20-15-1-4-17(5-2-15)23-11-9-22(10-12-23)8-7-21-16-3-6-18-19(13-16)25-14-24-18/h1-6,13,21H,7-12,14H2. The highest BCUT2D eigenvalue weighted by Crippen LogP contribution is 2.34. The van der Waals surface area contributed by atoms with Gasteiger partial charge in [-0.1, -0.05) is 11.6 Å². The van der Waals surface area contributed by atoms with E-state index in [0.717, 1.165) is 61.5 Å². The summed E-state index contributed by atoms with van der Waals surface area (Å²) in [6, 6.07) is 14.1. The van der Waals surface area contributed by atoms with Crippen LogP contribution in [0.15, 0.2) is 42.5 Å². The fourth-order valence-corrected chi connectivity index (χ4v) is 3.37. The van der Waals surface area contributed by atoms with Crippen LogP contribution in [0.25, 0.3) is 0 Å². The molecule has 0 aliphatic carbocycles. The lowest BCUT2D eigenvalue weighted by Gasteiger charge is -2.36. The van der Waals surface area contributed by atoms with Gasteiger partial charge in [-0.25, -0.2) is 0 Å². The summed E-state index contributed by atoms with van der Waals surface area (Å²) in [7, 11) is 0. The summed E-state index contributed by atoms with van der Waals surface area (Å²) in [6.45, 7) is 6.51. The second-order valence-corrected chi connectivity index (χ2v) is 6.74. The Balaban J connectivity index is 1.22. The number of hydrogen-bond acceptors (Lipinski definition) is 5. The van der Waals surface area contributed by atoms with Crippen molar-refractivity contribution in [1.82, 2.24) is 4.90 Å². The van der Waals surface area contributed by atoms with E-state index in [0.29, 0.717) is 6.79 Å². The zero-order valence-electron chi connectivity index (χ0n) is 14.1. The molecule has 0 radical (unpaired) electrons. The molecule has 0 bridgehead atoms. The SMILES string of the molecule is Clc1ccc(N2CCN(CCNc3ccc4c(c3)OCO4)CC2)cc1. The Hall–Kier alpha value is -2.11. The molecular weight excluding hydrogens is 338 g/mol. The molecular formula is C19H22ClN3O2. The zero-order chi connectivity index (χ0) is 17.1. The predicted octanol–water partition coefficient (Wildman–Crippen LogP) is 3.30. The van der Waals surface area contributed by atoms with Crippen molar-refractivity contribution in [2.75, 3.05) is 56.3 Å². The molecule has 2 aliphatic rings. The average molecular weight is 360 g/mol. The fraction of sp³-hybridized carbons (Fsp3) is 0.368. The maximum absolute atomic E-state index is 5.96. The summed E-state index contributed by atoms with van der Waals surface area (Å²) in [5.74, 6) is 1.64. The molecule has 1 fully saturated rings. The van der Waals surface area contributed by atoms with Crippen molar-refractivity contribution in [3.63, 3.8) is 0 Å². The van der Waals surface area contributed by atoms with Gasteiger partial charge in [-0.2, -0.15) is 0 Å². The molecule has 0 atom stereocenters. The second-order valence-electron chi connectivity index (χ2n) is 6.30. The van der Waals surface area contributed by atoms with Crippen molar-refractivity contribution in [3.05, 3.63) is 47.5 Å². The van der Waals surface area contributed by atoms with E-state index < -0.39 is 0 Å². The van der Waals surface area contributed by atoms with E-state index in [9.17, 15) is 0 Å². The van der Waals surface area contributed by atoms with Crippen LogP contribution in [0.2, 0.25) is 5.02 Å². The van der Waals surface area contributed by atoms with Gasteiger partial charge < -0.3 is 19.7 Å². The van der Waals surface area contributed by atoms with Crippen LogP contribution in [0, 0.1) is 0 Å². The highest BCUT2D eigenvalue weighted by molar-refractivity contribution is 6.30. The van der Waals surface area contributed by atoms with E-state index in [4.69, 9.17) is 21.1 Å². The molecule has 1 saturated heterocycles. The first-order chi connectivity index (χ1) is 12.3. The van der Waals surface area contributed by atoms with E-state index in [-0.39, 0.29) is 0 Å². The van der Waals surface area contributed by atoms with Gasteiger partial charge in [0.15, 0.2) is 11.5 Å². The van der Waals surface area contributed by atoms with Crippen LogP contribution in [0.4, 0.5) is 11.4 Å². The van der Waals surface area contributed by atoms with Crippen molar-refractivity contribution >= 4 is 23.0 Å². The van der Waals surface area contributed by atoms with E-state index in [1.54, 1.807) is 0 Å². The molecule has 2 aromatic rings. The fourth-order valence-electron chi connectivity index (χ4n) is 3.25. The Kier molecular flexibility index (Phi) is 4.85. The number of rotatable bonds is 5. The van der Waals surface area contributed by atoms with E-state index in [2.05, 4.69) is 27.2 Å². The molecule has 6 heteroatoms. The molecule has 0 spiro atoms. The van der Waals surface area contributed by atoms with Crippen LogP contribution in [0.3, 0.4) is 0 Å². The van der Waals surface area contributed by atoms with Gasteiger partial charge in [0, 0.05) is 61.7 Å². The molecule has 0 aromatic heterocycles. The predicted molar refractivity (Wildman–Crippen MR) is 101 cm³/mol. The lowest BCUT2D eigenvalue weighted by atomic mass is 10.2. The van der Waals surface area contributed by atoms with E-state index in [1.807, 2.05) is 30.3 Å². The minimum atomic E-state index is 0.316. The number of nitrogens with one attached hydrogen (secondary N) is 1. The molecule has 0 amide bonds. The average Bonchev–Trinajstić information content (AvgIpc) is 3.11. The highest BCUT2D eigenvalue weighted by atomic mass is 35.5. The summed E-state index contributed by atoms with van der Waals surface area (Å²) in [5.41, 5.74) is 2.33. The Morgan fingerprint density at radius 3 is 2.48 bits per heavy atom. The highest BCUT2D eigenvalue weighted by Gasteiger charge is 2.17. The number of benzene rings is 2. The Labute approximate surface area is 153 Å². The van der Waals surface area contributed by atoms with Crippen molar-refractivity contribution in [2.24, 2.45) is 0 Å². The van der Waals surface area contributed by atoms with Crippen molar-refractivity contribution in [3.8, 4) is 11.5 Å². The van der Waals surface area contributed by atoms with Gasteiger partial charge in [-0.15, -0.1) is 0 Å². The molecule has 2 aromatic carbocycles. The largest absolute Gasteiger partial charge is 0.454 e. The van der Waals surface area contributed by atoms with Gasteiger partial charge in [0.1, 0.15) is 0 Å². The molecule has 132 valence electrons. The third kappa shape index (κ3) is 3.94. The van der Waals surface area contributed by atoms with Crippen LogP contribution < -0.4 is 19.7 Å². The zero-order valence-corrected chi connectivity index (χ0v) is 14.8. The quantitative estimate of drug-likeness (QED) is 0.886. The first-order valence-corrected chi connectivity index (χ1v) is 9.02. The maximum atomic E-state index is 5.96.